The van der Waals surface area contributed by atoms with Crippen molar-refractivity contribution in [3.63, 3.8) is 0 Å². The van der Waals surface area contributed by atoms with Gasteiger partial charge < -0.3 is 10.2 Å². The standard InChI is InChI=1S/C27H25F3N8O/c1-16-3-4-17(26(39)33-25-9-19(5-6-32-25)27(28,29)30)8-24(16)38-15-23(34-35-38)18-7-20(12-31-11-18)37-14-21-10-22(37)13-36(21)2/h3-9,11-12,15,21-22H,10,13-14H2,1-2H3,(H,32,33,39)/t21-,22+/m1/s1. The van der Waals surface area contributed by atoms with Crippen LogP contribution in [0.25, 0.3) is 16.9 Å². The fourth-order valence-corrected chi connectivity index (χ4v) is 5.28. The van der Waals surface area contributed by atoms with E-state index in [0.29, 0.717) is 23.5 Å². The first kappa shape index (κ1) is 25.0. The van der Waals surface area contributed by atoms with Gasteiger partial charge in [0.15, 0.2) is 0 Å². The smallest absolute Gasteiger partial charge is 0.364 e. The topological polar surface area (TPSA) is 92.1 Å². The highest BCUT2D eigenvalue weighted by Crippen LogP contribution is 2.35. The van der Waals surface area contributed by atoms with Crippen LogP contribution in [-0.4, -0.2) is 68.0 Å². The molecule has 1 amide bonds. The number of hydrogen-bond donors (Lipinski definition) is 1. The Labute approximate surface area is 222 Å². The summed E-state index contributed by atoms with van der Waals surface area (Å²) in [5, 5.41) is 11.0. The molecule has 4 aromatic rings. The lowest BCUT2D eigenvalue weighted by atomic mass is 10.1. The molecule has 0 aliphatic carbocycles. The molecular formula is C27H25F3N8O. The molecule has 2 aliphatic heterocycles. The van der Waals surface area contributed by atoms with Crippen molar-refractivity contribution >= 4 is 17.4 Å². The second-order valence-electron chi connectivity index (χ2n) is 10.00. The Hall–Kier alpha value is -4.32. The normalized spacial score (nSPS) is 19.1. The summed E-state index contributed by atoms with van der Waals surface area (Å²) in [5.74, 6) is -0.781. The number of fused-ring (bicyclic) bond motifs is 2. The highest BCUT2D eigenvalue weighted by molar-refractivity contribution is 6.04. The zero-order valence-corrected chi connectivity index (χ0v) is 21.2. The van der Waals surface area contributed by atoms with Crippen LogP contribution in [-0.2, 0) is 6.18 Å². The molecule has 2 atom stereocenters. The quantitative estimate of drug-likeness (QED) is 0.410. The van der Waals surface area contributed by atoms with Gasteiger partial charge in [0.05, 0.1) is 29.3 Å². The number of carbonyl (C=O) groups is 1. The van der Waals surface area contributed by atoms with Gasteiger partial charge in [-0.3, -0.25) is 14.7 Å². The highest BCUT2D eigenvalue weighted by atomic mass is 19.4. The third kappa shape index (κ3) is 4.83. The van der Waals surface area contributed by atoms with Crippen LogP contribution in [0.4, 0.5) is 24.7 Å². The van der Waals surface area contributed by atoms with E-state index in [0.717, 1.165) is 54.7 Å². The number of halogens is 3. The molecule has 0 spiro atoms. The number of aromatic nitrogens is 5. The Bertz CT molecular complexity index is 1550. The summed E-state index contributed by atoms with van der Waals surface area (Å²) in [4.78, 5) is 25.9. The van der Waals surface area contributed by atoms with Crippen LogP contribution < -0.4 is 10.2 Å². The molecule has 2 bridgehead atoms. The lowest BCUT2D eigenvalue weighted by Crippen LogP contribution is -2.44. The minimum atomic E-state index is -4.54. The van der Waals surface area contributed by atoms with Crippen molar-refractivity contribution in [1.82, 2.24) is 29.9 Å². The first-order valence-corrected chi connectivity index (χ1v) is 12.5. The van der Waals surface area contributed by atoms with E-state index in [9.17, 15) is 18.0 Å². The average Bonchev–Trinajstić information content (AvgIpc) is 3.65. The largest absolute Gasteiger partial charge is 0.416 e. The van der Waals surface area contributed by atoms with Gasteiger partial charge in [-0.05, 0) is 56.3 Å². The molecule has 0 saturated carbocycles. The Balaban J connectivity index is 1.22. The van der Waals surface area contributed by atoms with E-state index in [-0.39, 0.29) is 11.4 Å². The van der Waals surface area contributed by atoms with Crippen molar-refractivity contribution in [2.75, 3.05) is 30.4 Å². The molecule has 1 N–H and O–H groups in total. The second-order valence-corrected chi connectivity index (χ2v) is 10.00. The number of pyridine rings is 2. The SMILES string of the molecule is Cc1ccc(C(=O)Nc2cc(C(F)(F)F)ccn2)cc1-n1cc(-c2cncc(N3C[C@H]4C[C@H]3CN4C)c2)nn1. The number of aryl methyl sites for hydroxylation is 1. The van der Waals surface area contributed by atoms with Crippen LogP contribution >= 0.6 is 0 Å². The Morgan fingerprint density at radius 2 is 1.92 bits per heavy atom. The lowest BCUT2D eigenvalue weighted by molar-refractivity contribution is -0.137. The number of rotatable bonds is 5. The summed E-state index contributed by atoms with van der Waals surface area (Å²) in [6.45, 7) is 3.88. The van der Waals surface area contributed by atoms with Gasteiger partial charge in [0.2, 0.25) is 0 Å². The zero-order valence-electron chi connectivity index (χ0n) is 21.2. The fraction of sp³-hybridized carbons (Fsp3) is 0.296. The first-order valence-electron chi connectivity index (χ1n) is 12.5. The van der Waals surface area contributed by atoms with Crippen molar-refractivity contribution in [3.05, 3.63) is 77.9 Å². The van der Waals surface area contributed by atoms with Crippen molar-refractivity contribution in [2.24, 2.45) is 0 Å². The van der Waals surface area contributed by atoms with Crippen LogP contribution in [0.3, 0.4) is 0 Å². The van der Waals surface area contributed by atoms with Gasteiger partial charge in [0.1, 0.15) is 11.5 Å². The van der Waals surface area contributed by atoms with Crippen LogP contribution in [0.1, 0.15) is 27.9 Å². The van der Waals surface area contributed by atoms with Crippen LogP contribution in [0, 0.1) is 6.92 Å². The third-order valence-electron chi connectivity index (χ3n) is 7.41. The van der Waals surface area contributed by atoms with E-state index < -0.39 is 17.6 Å². The number of benzene rings is 1. The van der Waals surface area contributed by atoms with Crippen molar-refractivity contribution in [1.29, 1.82) is 0 Å². The van der Waals surface area contributed by atoms with Gasteiger partial charge in [-0.25, -0.2) is 9.67 Å². The van der Waals surface area contributed by atoms with E-state index >= 15 is 0 Å². The molecule has 0 unspecified atom stereocenters. The Morgan fingerprint density at radius 3 is 2.67 bits per heavy atom. The number of carbonyl (C=O) groups excluding carboxylic acids is 1. The Kier molecular flexibility index (Phi) is 6.06. The van der Waals surface area contributed by atoms with Gasteiger partial charge in [-0.1, -0.05) is 11.3 Å². The van der Waals surface area contributed by atoms with Gasteiger partial charge in [-0.15, -0.1) is 5.10 Å². The number of anilines is 2. The van der Waals surface area contributed by atoms with E-state index in [1.807, 2.05) is 13.1 Å². The molecule has 2 saturated heterocycles. The summed E-state index contributed by atoms with van der Waals surface area (Å²) < 4.78 is 40.6. The fourth-order valence-electron chi connectivity index (χ4n) is 5.28. The number of alkyl halides is 3. The van der Waals surface area contributed by atoms with Gasteiger partial charge in [-0.2, -0.15) is 13.2 Å². The molecule has 6 rings (SSSR count). The van der Waals surface area contributed by atoms with E-state index in [1.54, 1.807) is 35.3 Å². The first-order chi connectivity index (χ1) is 18.7. The predicted octanol–water partition coefficient (Wildman–Crippen LogP) is 4.20. The van der Waals surface area contributed by atoms with Crippen molar-refractivity contribution < 1.29 is 18.0 Å². The molecule has 2 fully saturated rings. The maximum atomic E-state index is 13.0. The third-order valence-corrected chi connectivity index (χ3v) is 7.41. The van der Waals surface area contributed by atoms with Crippen LogP contribution in [0.5, 0.6) is 0 Å². The molecule has 2 aliphatic rings. The second kappa shape index (κ2) is 9.45. The summed E-state index contributed by atoms with van der Waals surface area (Å²) in [7, 11) is 2.16. The molecule has 0 radical (unpaired) electrons. The zero-order chi connectivity index (χ0) is 27.3. The summed E-state index contributed by atoms with van der Waals surface area (Å²) in [5.41, 5.74) is 3.32. The minimum absolute atomic E-state index is 0.190. The summed E-state index contributed by atoms with van der Waals surface area (Å²) in [6.07, 6.45) is 3.01. The summed E-state index contributed by atoms with van der Waals surface area (Å²) >= 11 is 0. The highest BCUT2D eigenvalue weighted by Gasteiger charge is 2.41. The monoisotopic (exact) mass is 534 g/mol. The van der Waals surface area contributed by atoms with E-state index in [1.165, 1.54) is 0 Å². The maximum absolute atomic E-state index is 13.0. The average molecular weight is 535 g/mol. The van der Waals surface area contributed by atoms with Crippen molar-refractivity contribution in [2.45, 2.75) is 31.6 Å². The van der Waals surface area contributed by atoms with E-state index in [2.05, 4.69) is 48.5 Å². The molecule has 5 heterocycles. The number of nitrogens with zero attached hydrogens (tertiary/aromatic N) is 7. The van der Waals surface area contributed by atoms with Gasteiger partial charge in [0.25, 0.3) is 5.91 Å². The number of nitrogens with one attached hydrogen (secondary N) is 1. The van der Waals surface area contributed by atoms with Crippen LogP contribution in [0.15, 0.2) is 61.2 Å². The van der Waals surface area contributed by atoms with Crippen LogP contribution in [0.2, 0.25) is 0 Å². The molecule has 39 heavy (non-hydrogen) atoms. The van der Waals surface area contributed by atoms with E-state index in [4.69, 9.17) is 0 Å². The number of likely N-dealkylation sites (N-methyl/N-ethyl adjacent to an activating group) is 1. The number of hydrogen-bond acceptors (Lipinski definition) is 7. The lowest BCUT2D eigenvalue weighted by Gasteiger charge is -2.33. The number of likely N-dealkylation sites (tertiary alicyclic amines) is 1. The number of piperazine rings is 1. The van der Waals surface area contributed by atoms with Crippen molar-refractivity contribution in [3.8, 4) is 16.9 Å². The molecule has 1 aromatic carbocycles. The number of amides is 1. The summed E-state index contributed by atoms with van der Waals surface area (Å²) in [6, 6.07) is 9.71. The minimum Gasteiger partial charge on any atom is -0.364 e. The van der Waals surface area contributed by atoms with Gasteiger partial charge >= 0.3 is 6.18 Å². The Morgan fingerprint density at radius 1 is 1.08 bits per heavy atom. The molecular weight excluding hydrogens is 509 g/mol. The molecule has 200 valence electrons. The molecule has 3 aromatic heterocycles. The predicted molar refractivity (Wildman–Crippen MR) is 139 cm³/mol. The molecule has 12 heteroatoms. The maximum Gasteiger partial charge on any atom is 0.416 e. The molecule has 9 nitrogen and oxygen atoms in total. The van der Waals surface area contributed by atoms with Gasteiger partial charge in [0, 0.05) is 48.7 Å².